The van der Waals surface area contributed by atoms with Gasteiger partial charge in [-0.3, -0.25) is 4.98 Å². The molecule has 0 aliphatic carbocycles. The molecule has 1 aromatic rings. The predicted molar refractivity (Wildman–Crippen MR) is 53.7 cm³/mol. The van der Waals surface area contributed by atoms with Gasteiger partial charge in [-0.2, -0.15) is 0 Å². The summed E-state index contributed by atoms with van der Waals surface area (Å²) in [5.74, 6) is -0.896. The van der Waals surface area contributed by atoms with Crippen LogP contribution in [-0.2, 0) is 4.43 Å². The highest BCUT2D eigenvalue weighted by Crippen LogP contribution is 2.14. The van der Waals surface area contributed by atoms with E-state index in [1.165, 1.54) is 0 Å². The van der Waals surface area contributed by atoms with Gasteiger partial charge in [0.2, 0.25) is 0 Å². The smallest absolute Gasteiger partial charge is 0.337 e. The number of carbonyl (C=O) groups is 1. The summed E-state index contributed by atoms with van der Waals surface area (Å²) in [5.41, 5.74) is 1.75. The fourth-order valence-electron chi connectivity index (χ4n) is 1.01. The van der Waals surface area contributed by atoms with Crippen LogP contribution in [0.3, 0.4) is 0 Å². The standard InChI is InChI=1S/C8H8INO2/c1-5-2-3-10-6(4-9)7(5)8(11)12/h2-3H,4H2,1H3,(H,11,12). The number of hydrogen-bond donors (Lipinski definition) is 1. The Kier molecular flexibility index (Phi) is 3.02. The number of aryl methyl sites for hydroxylation is 1. The van der Waals surface area contributed by atoms with Crippen molar-refractivity contribution in [3.05, 3.63) is 29.1 Å². The van der Waals surface area contributed by atoms with Crippen molar-refractivity contribution in [1.82, 2.24) is 4.98 Å². The average Bonchev–Trinajstić information content (AvgIpc) is 2.03. The Morgan fingerprint density at radius 2 is 2.42 bits per heavy atom. The lowest BCUT2D eigenvalue weighted by Gasteiger charge is -2.03. The molecule has 0 spiro atoms. The van der Waals surface area contributed by atoms with E-state index in [1.807, 2.05) is 0 Å². The molecular formula is C8H8INO2. The van der Waals surface area contributed by atoms with E-state index >= 15 is 0 Å². The van der Waals surface area contributed by atoms with Crippen LogP contribution in [0.5, 0.6) is 0 Å². The molecule has 0 saturated carbocycles. The summed E-state index contributed by atoms with van der Waals surface area (Å²) < 4.78 is 0.626. The van der Waals surface area contributed by atoms with Crippen molar-refractivity contribution in [1.29, 1.82) is 0 Å². The van der Waals surface area contributed by atoms with Crippen molar-refractivity contribution in [3.8, 4) is 0 Å². The minimum atomic E-state index is -0.896. The first-order valence-corrected chi connectivity index (χ1v) is 4.93. The van der Waals surface area contributed by atoms with Crippen molar-refractivity contribution in [2.45, 2.75) is 11.4 Å². The number of rotatable bonds is 2. The number of alkyl halides is 1. The van der Waals surface area contributed by atoms with Gasteiger partial charge in [0, 0.05) is 10.6 Å². The zero-order chi connectivity index (χ0) is 9.14. The van der Waals surface area contributed by atoms with Crippen LogP contribution in [-0.4, -0.2) is 16.1 Å². The van der Waals surface area contributed by atoms with E-state index in [9.17, 15) is 4.79 Å². The second kappa shape index (κ2) is 3.84. The Labute approximate surface area is 84.0 Å². The van der Waals surface area contributed by atoms with Gasteiger partial charge in [-0.15, -0.1) is 0 Å². The third-order valence-electron chi connectivity index (χ3n) is 1.58. The Balaban J connectivity index is 3.29. The van der Waals surface area contributed by atoms with Crippen molar-refractivity contribution in [2.24, 2.45) is 0 Å². The van der Waals surface area contributed by atoms with Gasteiger partial charge in [-0.1, -0.05) is 22.6 Å². The van der Waals surface area contributed by atoms with Crippen LogP contribution in [0.2, 0.25) is 0 Å². The second-order valence-corrected chi connectivity index (χ2v) is 3.15. The lowest BCUT2D eigenvalue weighted by Crippen LogP contribution is -2.05. The minimum absolute atomic E-state index is 0.340. The maximum atomic E-state index is 10.8. The number of hydrogen-bond acceptors (Lipinski definition) is 2. The normalized spacial score (nSPS) is 9.83. The van der Waals surface area contributed by atoms with Crippen LogP contribution >= 0.6 is 22.6 Å². The van der Waals surface area contributed by atoms with Gasteiger partial charge in [0.1, 0.15) is 0 Å². The van der Waals surface area contributed by atoms with E-state index in [2.05, 4.69) is 27.6 Å². The zero-order valence-corrected chi connectivity index (χ0v) is 8.70. The fourth-order valence-corrected chi connectivity index (χ4v) is 1.59. The summed E-state index contributed by atoms with van der Waals surface area (Å²) >= 11 is 2.10. The molecule has 0 fully saturated rings. The molecule has 1 heterocycles. The van der Waals surface area contributed by atoms with Crippen molar-refractivity contribution in [3.63, 3.8) is 0 Å². The SMILES string of the molecule is Cc1ccnc(CI)c1C(=O)O. The molecule has 12 heavy (non-hydrogen) atoms. The zero-order valence-electron chi connectivity index (χ0n) is 6.54. The largest absolute Gasteiger partial charge is 0.478 e. The molecule has 0 saturated heterocycles. The van der Waals surface area contributed by atoms with E-state index in [0.29, 0.717) is 15.7 Å². The summed E-state index contributed by atoms with van der Waals surface area (Å²) in [4.78, 5) is 14.7. The molecule has 0 amide bonds. The van der Waals surface area contributed by atoms with Gasteiger partial charge >= 0.3 is 5.97 Å². The molecule has 0 aliphatic rings. The third kappa shape index (κ3) is 1.74. The Hall–Kier alpha value is -0.650. The molecule has 0 aliphatic heterocycles. The number of nitrogens with zero attached hydrogens (tertiary/aromatic N) is 1. The van der Waals surface area contributed by atoms with Gasteiger partial charge in [0.05, 0.1) is 11.3 Å². The first kappa shape index (κ1) is 9.44. The molecule has 0 atom stereocenters. The molecule has 0 aromatic carbocycles. The third-order valence-corrected chi connectivity index (χ3v) is 2.30. The number of carboxylic acids is 1. The number of aromatic nitrogens is 1. The molecule has 4 heteroatoms. The van der Waals surface area contributed by atoms with Crippen LogP contribution in [0.25, 0.3) is 0 Å². The summed E-state index contributed by atoms with van der Waals surface area (Å²) in [6.07, 6.45) is 1.63. The first-order chi connectivity index (χ1) is 5.66. The van der Waals surface area contributed by atoms with E-state index in [0.717, 1.165) is 5.56 Å². The summed E-state index contributed by atoms with van der Waals surface area (Å²) in [5, 5.41) is 8.83. The summed E-state index contributed by atoms with van der Waals surface area (Å²) in [6.45, 7) is 1.78. The molecule has 0 unspecified atom stereocenters. The fraction of sp³-hybridized carbons (Fsp3) is 0.250. The lowest BCUT2D eigenvalue weighted by atomic mass is 10.1. The van der Waals surface area contributed by atoms with Gasteiger partial charge < -0.3 is 5.11 Å². The summed E-state index contributed by atoms with van der Waals surface area (Å²) in [7, 11) is 0. The highest BCUT2D eigenvalue weighted by atomic mass is 127. The molecule has 3 nitrogen and oxygen atoms in total. The van der Waals surface area contributed by atoms with E-state index in [-0.39, 0.29) is 0 Å². The number of pyridine rings is 1. The number of carboxylic acid groups (broad SMARTS) is 1. The van der Waals surface area contributed by atoms with Crippen LogP contribution in [0.4, 0.5) is 0 Å². The van der Waals surface area contributed by atoms with Crippen molar-refractivity contribution < 1.29 is 9.90 Å². The van der Waals surface area contributed by atoms with Crippen LogP contribution in [0.1, 0.15) is 21.6 Å². The molecular weight excluding hydrogens is 269 g/mol. The van der Waals surface area contributed by atoms with Crippen LogP contribution < -0.4 is 0 Å². The first-order valence-electron chi connectivity index (χ1n) is 3.40. The molecule has 0 radical (unpaired) electrons. The Morgan fingerprint density at radius 3 is 2.83 bits per heavy atom. The number of halogens is 1. The van der Waals surface area contributed by atoms with Gasteiger partial charge in [-0.25, -0.2) is 4.79 Å². The highest BCUT2D eigenvalue weighted by Gasteiger charge is 2.12. The molecule has 64 valence electrons. The maximum Gasteiger partial charge on any atom is 0.337 e. The van der Waals surface area contributed by atoms with Crippen molar-refractivity contribution >= 4 is 28.6 Å². The highest BCUT2D eigenvalue weighted by molar-refractivity contribution is 14.1. The second-order valence-electron chi connectivity index (χ2n) is 2.39. The van der Waals surface area contributed by atoms with E-state index in [1.54, 1.807) is 19.2 Å². The van der Waals surface area contributed by atoms with Crippen LogP contribution in [0, 0.1) is 6.92 Å². The molecule has 0 bridgehead atoms. The Morgan fingerprint density at radius 1 is 1.75 bits per heavy atom. The minimum Gasteiger partial charge on any atom is -0.478 e. The average molecular weight is 277 g/mol. The quantitative estimate of drug-likeness (QED) is 0.664. The predicted octanol–water partition coefficient (Wildman–Crippen LogP) is 2.02. The molecule has 1 N–H and O–H groups in total. The molecule has 1 aromatic heterocycles. The molecule has 1 rings (SSSR count). The van der Waals surface area contributed by atoms with E-state index < -0.39 is 5.97 Å². The maximum absolute atomic E-state index is 10.8. The van der Waals surface area contributed by atoms with Crippen molar-refractivity contribution in [2.75, 3.05) is 0 Å². The van der Waals surface area contributed by atoms with Gasteiger partial charge in [-0.05, 0) is 18.6 Å². The topological polar surface area (TPSA) is 50.2 Å². The summed E-state index contributed by atoms with van der Waals surface area (Å²) in [6, 6.07) is 1.71. The van der Waals surface area contributed by atoms with Gasteiger partial charge in [0.25, 0.3) is 0 Å². The number of aromatic carboxylic acids is 1. The lowest BCUT2D eigenvalue weighted by molar-refractivity contribution is 0.0695. The van der Waals surface area contributed by atoms with Crippen LogP contribution in [0.15, 0.2) is 12.3 Å². The van der Waals surface area contributed by atoms with Gasteiger partial charge in [0.15, 0.2) is 0 Å². The monoisotopic (exact) mass is 277 g/mol. The van der Waals surface area contributed by atoms with E-state index in [4.69, 9.17) is 5.11 Å². The Bertz CT molecular complexity index is 312.